The predicted molar refractivity (Wildman–Crippen MR) is 61.9 cm³/mol. The van der Waals surface area contributed by atoms with Gasteiger partial charge in [0.2, 0.25) is 0 Å². The number of aryl methyl sites for hydroxylation is 1. The average Bonchev–Trinajstić information content (AvgIpc) is 2.02. The first-order chi connectivity index (χ1) is 5.97. The molecule has 2 nitrogen and oxygen atoms in total. The van der Waals surface area contributed by atoms with E-state index in [0.29, 0.717) is 5.75 Å². The molecule has 0 aliphatic heterocycles. The fourth-order valence-corrected chi connectivity index (χ4v) is 1.13. The van der Waals surface area contributed by atoms with Gasteiger partial charge >= 0.3 is 0 Å². The van der Waals surface area contributed by atoms with Crippen molar-refractivity contribution in [2.24, 2.45) is 5.73 Å². The molecule has 3 N–H and O–H groups in total. The van der Waals surface area contributed by atoms with Crippen molar-refractivity contribution in [2.75, 3.05) is 0 Å². The van der Waals surface area contributed by atoms with Crippen LogP contribution in [0.5, 0.6) is 5.75 Å². The van der Waals surface area contributed by atoms with E-state index in [9.17, 15) is 0 Å². The third-order valence-corrected chi connectivity index (χ3v) is 1.99. The molecule has 0 saturated carbocycles. The number of hydrogen-bond acceptors (Lipinski definition) is 2. The first kappa shape index (κ1) is 13.3. The van der Waals surface area contributed by atoms with Crippen LogP contribution in [0.15, 0.2) is 24.3 Å². The van der Waals surface area contributed by atoms with Gasteiger partial charge in [-0.25, -0.2) is 0 Å². The summed E-state index contributed by atoms with van der Waals surface area (Å²) in [5.41, 5.74) is 6.97. The van der Waals surface area contributed by atoms with Crippen molar-refractivity contribution in [3.63, 3.8) is 0 Å². The molecule has 0 fully saturated rings. The molecule has 0 heterocycles. The first-order valence-corrected chi connectivity index (χ1v) is 4.54. The lowest BCUT2D eigenvalue weighted by Gasteiger charge is -2.17. The van der Waals surface area contributed by atoms with Crippen LogP contribution in [-0.2, 0) is 6.42 Å². The fourth-order valence-electron chi connectivity index (χ4n) is 1.13. The second-order valence-electron chi connectivity index (χ2n) is 4.16. The third-order valence-electron chi connectivity index (χ3n) is 1.99. The van der Waals surface area contributed by atoms with Gasteiger partial charge in [-0.15, -0.1) is 12.4 Å². The molecule has 1 rings (SSSR count). The zero-order valence-corrected chi connectivity index (χ0v) is 9.47. The van der Waals surface area contributed by atoms with Crippen LogP contribution in [-0.4, -0.2) is 10.6 Å². The van der Waals surface area contributed by atoms with Crippen LogP contribution in [0, 0.1) is 0 Å². The van der Waals surface area contributed by atoms with Gasteiger partial charge in [-0.2, -0.15) is 0 Å². The van der Waals surface area contributed by atoms with Gasteiger partial charge in [-0.1, -0.05) is 12.1 Å². The molecule has 0 spiro atoms. The Labute approximate surface area is 91.5 Å². The Morgan fingerprint density at radius 2 is 1.71 bits per heavy atom. The van der Waals surface area contributed by atoms with Crippen molar-refractivity contribution in [2.45, 2.75) is 32.2 Å². The number of halogens is 1. The van der Waals surface area contributed by atoms with E-state index in [4.69, 9.17) is 10.8 Å². The highest BCUT2D eigenvalue weighted by atomic mass is 35.5. The Kier molecular flexibility index (Phi) is 4.95. The second-order valence-corrected chi connectivity index (χ2v) is 4.16. The standard InChI is InChI=1S/C11H17NO.ClH/c1-11(2,12)8-7-9-3-5-10(13)6-4-9;/h3-6,13H,7-8,12H2,1-2H3;1H. The minimum absolute atomic E-state index is 0. The van der Waals surface area contributed by atoms with Crippen molar-refractivity contribution in [3.8, 4) is 5.75 Å². The summed E-state index contributed by atoms with van der Waals surface area (Å²) in [5, 5.41) is 9.06. The highest BCUT2D eigenvalue weighted by Gasteiger charge is 2.09. The lowest BCUT2D eigenvalue weighted by atomic mass is 9.97. The van der Waals surface area contributed by atoms with Crippen LogP contribution in [0.1, 0.15) is 25.8 Å². The molecule has 1 aromatic rings. The molecule has 3 heteroatoms. The molecule has 0 aliphatic rings. The number of phenolic OH excluding ortho intramolecular Hbond substituents is 1. The smallest absolute Gasteiger partial charge is 0.115 e. The first-order valence-electron chi connectivity index (χ1n) is 4.54. The molecule has 80 valence electrons. The van der Waals surface area contributed by atoms with Crippen LogP contribution in [0.3, 0.4) is 0 Å². The molecule has 14 heavy (non-hydrogen) atoms. The summed E-state index contributed by atoms with van der Waals surface area (Å²) in [7, 11) is 0. The van der Waals surface area contributed by atoms with Crippen molar-refractivity contribution < 1.29 is 5.11 Å². The topological polar surface area (TPSA) is 46.2 Å². The second kappa shape index (κ2) is 5.23. The number of hydrogen-bond donors (Lipinski definition) is 2. The highest BCUT2D eigenvalue weighted by molar-refractivity contribution is 5.85. The number of phenols is 1. The summed E-state index contributed by atoms with van der Waals surface area (Å²) in [6, 6.07) is 7.28. The van der Waals surface area contributed by atoms with Crippen LogP contribution in [0.25, 0.3) is 0 Å². The van der Waals surface area contributed by atoms with Crippen LogP contribution < -0.4 is 5.73 Å². The Hall–Kier alpha value is -0.730. The van der Waals surface area contributed by atoms with Crippen molar-refractivity contribution >= 4 is 12.4 Å². The molecule has 0 radical (unpaired) electrons. The maximum absolute atomic E-state index is 9.06. The molecule has 0 bridgehead atoms. The summed E-state index contributed by atoms with van der Waals surface area (Å²) in [6.07, 6.45) is 1.92. The summed E-state index contributed by atoms with van der Waals surface area (Å²) in [4.78, 5) is 0. The summed E-state index contributed by atoms with van der Waals surface area (Å²) in [5.74, 6) is 0.316. The Bertz CT molecular complexity index is 264. The zero-order valence-electron chi connectivity index (χ0n) is 8.66. The van der Waals surface area contributed by atoms with E-state index in [2.05, 4.69) is 0 Å². The molecular weight excluding hydrogens is 198 g/mol. The number of rotatable bonds is 3. The van der Waals surface area contributed by atoms with Gasteiger partial charge in [-0.3, -0.25) is 0 Å². The van der Waals surface area contributed by atoms with Crippen molar-refractivity contribution in [1.29, 1.82) is 0 Å². The van der Waals surface area contributed by atoms with Crippen LogP contribution in [0.4, 0.5) is 0 Å². The minimum atomic E-state index is -0.113. The number of aromatic hydroxyl groups is 1. The largest absolute Gasteiger partial charge is 0.508 e. The number of benzene rings is 1. The maximum atomic E-state index is 9.06. The minimum Gasteiger partial charge on any atom is -0.508 e. The normalized spacial score (nSPS) is 10.8. The lowest BCUT2D eigenvalue weighted by molar-refractivity contribution is 0.471. The van der Waals surface area contributed by atoms with Crippen molar-refractivity contribution in [3.05, 3.63) is 29.8 Å². The van der Waals surface area contributed by atoms with E-state index in [-0.39, 0.29) is 17.9 Å². The van der Waals surface area contributed by atoms with E-state index in [1.165, 1.54) is 5.56 Å². The van der Waals surface area contributed by atoms with Gasteiger partial charge in [0.25, 0.3) is 0 Å². The summed E-state index contributed by atoms with van der Waals surface area (Å²) in [6.45, 7) is 4.04. The molecule has 0 saturated heterocycles. The molecule has 0 amide bonds. The van der Waals surface area contributed by atoms with Gasteiger partial charge in [0.1, 0.15) is 5.75 Å². The zero-order chi connectivity index (χ0) is 9.90. The van der Waals surface area contributed by atoms with Gasteiger partial charge in [0.05, 0.1) is 0 Å². The Morgan fingerprint density at radius 1 is 1.21 bits per heavy atom. The highest BCUT2D eigenvalue weighted by Crippen LogP contribution is 2.14. The monoisotopic (exact) mass is 215 g/mol. The van der Waals surface area contributed by atoms with E-state index in [1.54, 1.807) is 12.1 Å². The summed E-state index contributed by atoms with van der Waals surface area (Å²) >= 11 is 0. The van der Waals surface area contributed by atoms with E-state index < -0.39 is 0 Å². The molecule has 0 atom stereocenters. The van der Waals surface area contributed by atoms with Gasteiger partial charge in [-0.05, 0) is 44.4 Å². The maximum Gasteiger partial charge on any atom is 0.115 e. The SMILES string of the molecule is CC(C)(N)CCc1ccc(O)cc1.Cl. The van der Waals surface area contributed by atoms with E-state index >= 15 is 0 Å². The van der Waals surface area contributed by atoms with E-state index in [0.717, 1.165) is 12.8 Å². The molecule has 0 aromatic heterocycles. The van der Waals surface area contributed by atoms with Gasteiger partial charge in [0, 0.05) is 5.54 Å². The summed E-state index contributed by atoms with van der Waals surface area (Å²) < 4.78 is 0. The lowest BCUT2D eigenvalue weighted by Crippen LogP contribution is -2.32. The third kappa shape index (κ3) is 5.10. The fraction of sp³-hybridized carbons (Fsp3) is 0.455. The predicted octanol–water partition coefficient (Wildman–Crippen LogP) is 2.48. The molecule has 0 aliphatic carbocycles. The Morgan fingerprint density at radius 3 is 2.14 bits per heavy atom. The Balaban J connectivity index is 0.00000169. The molecular formula is C11H18ClNO. The van der Waals surface area contributed by atoms with Gasteiger partial charge in [0.15, 0.2) is 0 Å². The molecule has 1 aromatic carbocycles. The quantitative estimate of drug-likeness (QED) is 0.814. The van der Waals surface area contributed by atoms with Gasteiger partial charge < -0.3 is 10.8 Å². The van der Waals surface area contributed by atoms with Crippen molar-refractivity contribution in [1.82, 2.24) is 0 Å². The van der Waals surface area contributed by atoms with E-state index in [1.807, 2.05) is 26.0 Å². The number of nitrogens with two attached hydrogens (primary N) is 1. The van der Waals surface area contributed by atoms with Crippen LogP contribution in [0.2, 0.25) is 0 Å². The average molecular weight is 216 g/mol. The molecule has 0 unspecified atom stereocenters. The van der Waals surface area contributed by atoms with Crippen LogP contribution >= 0.6 is 12.4 Å².